The van der Waals surface area contributed by atoms with Crippen LogP contribution in [0.2, 0.25) is 0 Å². The lowest BCUT2D eigenvalue weighted by Crippen LogP contribution is -2.28. The summed E-state index contributed by atoms with van der Waals surface area (Å²) in [6.45, 7) is 5.58. The number of rotatable bonds is 1. The van der Waals surface area contributed by atoms with Crippen molar-refractivity contribution in [1.82, 2.24) is 5.32 Å². The molecule has 0 fully saturated rings. The Balaban J connectivity index is 0.000000811. The van der Waals surface area contributed by atoms with Gasteiger partial charge in [0.15, 0.2) is 0 Å². The van der Waals surface area contributed by atoms with E-state index in [1.54, 1.807) is 6.92 Å². The first-order valence-electron chi connectivity index (χ1n) is 6.12. The van der Waals surface area contributed by atoms with Crippen molar-refractivity contribution in [3.63, 3.8) is 0 Å². The van der Waals surface area contributed by atoms with Crippen LogP contribution in [0.3, 0.4) is 0 Å². The Morgan fingerprint density at radius 3 is 2.75 bits per heavy atom. The summed E-state index contributed by atoms with van der Waals surface area (Å²) >= 11 is 0. The molecule has 16 heavy (non-hydrogen) atoms. The predicted molar refractivity (Wildman–Crippen MR) is 69.4 cm³/mol. The third kappa shape index (κ3) is 3.09. The van der Waals surface area contributed by atoms with Gasteiger partial charge in [0, 0.05) is 8.35 Å². The first-order valence-corrected chi connectivity index (χ1v) is 6.12. The monoisotopic (exact) mass is 221 g/mol. The summed E-state index contributed by atoms with van der Waals surface area (Å²) in [4.78, 5) is 11.0. The van der Waals surface area contributed by atoms with Crippen molar-refractivity contribution >= 4 is 5.91 Å². The van der Waals surface area contributed by atoms with Crippen molar-refractivity contribution in [1.29, 1.82) is 0 Å². The zero-order valence-corrected chi connectivity index (χ0v) is 10.4. The quantitative estimate of drug-likeness (QED) is 0.773. The molecular weight excluding hydrogens is 198 g/mol. The summed E-state index contributed by atoms with van der Waals surface area (Å²) in [5, 5.41) is 3.00. The molecule has 2 heteroatoms. The van der Waals surface area contributed by atoms with Crippen molar-refractivity contribution in [2.75, 3.05) is 0 Å². The maximum atomic E-state index is 11.0. The summed E-state index contributed by atoms with van der Waals surface area (Å²) in [7, 11) is 0. The molecule has 1 aromatic rings. The van der Waals surface area contributed by atoms with Crippen molar-refractivity contribution in [3.05, 3.63) is 35.4 Å². The number of aryl methyl sites for hydroxylation is 1. The molecule has 2 rings (SSSR count). The van der Waals surface area contributed by atoms with Crippen LogP contribution in [0.15, 0.2) is 24.3 Å². The van der Waals surface area contributed by atoms with Gasteiger partial charge in [0.2, 0.25) is 5.91 Å². The van der Waals surface area contributed by atoms with Gasteiger partial charge in [-0.25, -0.2) is 0 Å². The SMILES string of the molecule is CC.CC(=O)N[C@@H]1CCCc2ccccc21.[HH]. The van der Waals surface area contributed by atoms with Crippen molar-refractivity contribution in [2.45, 2.75) is 46.1 Å². The van der Waals surface area contributed by atoms with Gasteiger partial charge in [-0.3, -0.25) is 4.79 Å². The number of amides is 1. The first kappa shape index (κ1) is 12.8. The third-order valence-corrected chi connectivity index (χ3v) is 2.75. The zero-order chi connectivity index (χ0) is 12.0. The van der Waals surface area contributed by atoms with E-state index in [1.165, 1.54) is 17.5 Å². The largest absolute Gasteiger partial charge is 0.350 e. The van der Waals surface area contributed by atoms with Crippen molar-refractivity contribution < 1.29 is 6.22 Å². The second kappa shape index (κ2) is 6.31. The highest BCUT2D eigenvalue weighted by Crippen LogP contribution is 2.29. The molecule has 0 aromatic heterocycles. The van der Waals surface area contributed by atoms with Gasteiger partial charge in [-0.2, -0.15) is 0 Å². The second-order valence-corrected chi connectivity index (χ2v) is 3.84. The number of benzene rings is 1. The van der Waals surface area contributed by atoms with E-state index < -0.39 is 0 Å². The first-order chi connectivity index (χ1) is 7.77. The van der Waals surface area contributed by atoms with E-state index in [4.69, 9.17) is 0 Å². The molecule has 1 amide bonds. The van der Waals surface area contributed by atoms with E-state index in [2.05, 4.69) is 23.5 Å². The van der Waals surface area contributed by atoms with E-state index in [0.717, 1.165) is 12.8 Å². The van der Waals surface area contributed by atoms with Crippen molar-refractivity contribution in [3.8, 4) is 0 Å². The van der Waals surface area contributed by atoms with Gasteiger partial charge in [0.1, 0.15) is 0 Å². The highest BCUT2D eigenvalue weighted by Gasteiger charge is 2.19. The molecule has 1 aliphatic rings. The van der Waals surface area contributed by atoms with Gasteiger partial charge in [-0.1, -0.05) is 38.1 Å². The number of nitrogens with one attached hydrogen (secondary N) is 1. The lowest BCUT2D eigenvalue weighted by molar-refractivity contribution is -0.119. The Morgan fingerprint density at radius 2 is 2.06 bits per heavy atom. The van der Waals surface area contributed by atoms with E-state index in [1.807, 2.05) is 19.9 Å². The Labute approximate surface area is 99.5 Å². The molecule has 0 aliphatic heterocycles. The average molecular weight is 221 g/mol. The molecular formula is C14H23NO. The number of carbonyl (C=O) groups is 1. The molecule has 1 aromatic carbocycles. The van der Waals surface area contributed by atoms with Crippen LogP contribution < -0.4 is 5.32 Å². The number of hydrogen-bond acceptors (Lipinski definition) is 1. The highest BCUT2D eigenvalue weighted by atomic mass is 16.1. The van der Waals surface area contributed by atoms with Gasteiger partial charge in [-0.15, -0.1) is 0 Å². The van der Waals surface area contributed by atoms with Crippen LogP contribution in [0.25, 0.3) is 0 Å². The van der Waals surface area contributed by atoms with Crippen LogP contribution in [-0.4, -0.2) is 5.91 Å². The van der Waals surface area contributed by atoms with Crippen LogP contribution in [-0.2, 0) is 11.2 Å². The van der Waals surface area contributed by atoms with Crippen LogP contribution in [0.1, 0.15) is 52.2 Å². The lowest BCUT2D eigenvalue weighted by Gasteiger charge is -2.25. The van der Waals surface area contributed by atoms with Gasteiger partial charge in [0.25, 0.3) is 0 Å². The minimum atomic E-state index is 0. The fourth-order valence-electron chi connectivity index (χ4n) is 2.15. The molecule has 0 saturated heterocycles. The molecule has 2 nitrogen and oxygen atoms in total. The molecule has 1 aliphatic carbocycles. The van der Waals surface area contributed by atoms with Gasteiger partial charge >= 0.3 is 0 Å². The summed E-state index contributed by atoms with van der Waals surface area (Å²) in [5.41, 5.74) is 2.69. The molecule has 1 N–H and O–H groups in total. The summed E-state index contributed by atoms with van der Waals surface area (Å²) < 4.78 is 0. The van der Waals surface area contributed by atoms with Crippen molar-refractivity contribution in [2.24, 2.45) is 0 Å². The minimum Gasteiger partial charge on any atom is -0.350 e. The smallest absolute Gasteiger partial charge is 0.217 e. The second-order valence-electron chi connectivity index (χ2n) is 3.84. The summed E-state index contributed by atoms with van der Waals surface area (Å²) in [6, 6.07) is 8.62. The summed E-state index contributed by atoms with van der Waals surface area (Å²) in [6.07, 6.45) is 3.38. The average Bonchev–Trinajstić information content (AvgIpc) is 2.31. The Kier molecular flexibility index (Phi) is 5.03. The van der Waals surface area contributed by atoms with Crippen LogP contribution >= 0.6 is 0 Å². The minimum absolute atomic E-state index is 0. The van der Waals surface area contributed by atoms with E-state index in [9.17, 15) is 4.79 Å². The van der Waals surface area contributed by atoms with Gasteiger partial charge < -0.3 is 5.32 Å². The van der Waals surface area contributed by atoms with E-state index >= 15 is 0 Å². The number of fused-ring (bicyclic) bond motifs is 1. The number of carbonyl (C=O) groups excluding carboxylic acids is 1. The van der Waals surface area contributed by atoms with Crippen LogP contribution in [0.5, 0.6) is 0 Å². The molecule has 0 saturated carbocycles. The Morgan fingerprint density at radius 1 is 1.38 bits per heavy atom. The van der Waals surface area contributed by atoms with Gasteiger partial charge in [-0.05, 0) is 30.4 Å². The molecule has 0 radical (unpaired) electrons. The Hall–Kier alpha value is -1.31. The predicted octanol–water partition coefficient (Wildman–Crippen LogP) is 3.47. The Bertz CT molecular complexity index is 352. The molecule has 0 spiro atoms. The lowest BCUT2D eigenvalue weighted by atomic mass is 9.88. The third-order valence-electron chi connectivity index (χ3n) is 2.75. The van der Waals surface area contributed by atoms with Crippen LogP contribution in [0, 0.1) is 0 Å². The molecule has 0 heterocycles. The normalized spacial score (nSPS) is 17.8. The molecule has 0 bridgehead atoms. The fraction of sp³-hybridized carbons (Fsp3) is 0.500. The summed E-state index contributed by atoms with van der Waals surface area (Å²) in [5.74, 6) is 0.0618. The van der Waals surface area contributed by atoms with E-state index in [0.29, 0.717) is 0 Å². The highest BCUT2D eigenvalue weighted by molar-refractivity contribution is 5.73. The molecule has 90 valence electrons. The molecule has 0 unspecified atom stereocenters. The maximum Gasteiger partial charge on any atom is 0.217 e. The maximum absolute atomic E-state index is 11.0. The topological polar surface area (TPSA) is 29.1 Å². The number of hydrogen-bond donors (Lipinski definition) is 1. The van der Waals surface area contributed by atoms with E-state index in [-0.39, 0.29) is 13.4 Å². The standard InChI is InChI=1S/C12H15NO.C2H6.H2/c1-9(14)13-12-8-4-6-10-5-2-3-7-11(10)12;1-2;/h2-3,5,7,12H,4,6,8H2,1H3,(H,13,14);1-2H3;1H/t12-;;/m1../s1. The van der Waals surface area contributed by atoms with Crippen LogP contribution in [0.4, 0.5) is 0 Å². The van der Waals surface area contributed by atoms with Gasteiger partial charge in [0.05, 0.1) is 6.04 Å². The molecule has 1 atom stereocenters. The zero-order valence-electron chi connectivity index (χ0n) is 10.4. The fourth-order valence-corrected chi connectivity index (χ4v) is 2.15.